The maximum atomic E-state index is 17.3. The lowest BCUT2D eigenvalue weighted by Crippen LogP contribution is -2.14. The van der Waals surface area contributed by atoms with Gasteiger partial charge in [0.25, 0.3) is 0 Å². The van der Waals surface area contributed by atoms with Gasteiger partial charge in [-0.25, -0.2) is 8.78 Å². The Morgan fingerprint density at radius 1 is 0.286 bits per heavy atom. The SMILES string of the molecule is Fc1cc(-c2ccccc2)cc(-c2ccccc2)c1N(c1ccccc1)c1ccc(/C=C/c2ccc(N(c3ccccc3)c3c(F)cc(-c4ccccc4)cc3-c3ccccc3)c3ccccc23)cc1. The van der Waals surface area contributed by atoms with E-state index in [4.69, 9.17) is 0 Å². The molecule has 0 aliphatic heterocycles. The molecule has 11 aromatic carbocycles. The highest BCUT2D eigenvalue weighted by molar-refractivity contribution is 6.05. The second kappa shape index (κ2) is 19.6. The molecule has 0 heterocycles. The molecule has 11 aromatic rings. The van der Waals surface area contributed by atoms with Crippen molar-refractivity contribution in [2.45, 2.75) is 0 Å². The van der Waals surface area contributed by atoms with Crippen LogP contribution in [0.4, 0.5) is 42.9 Å². The van der Waals surface area contributed by atoms with Gasteiger partial charge in [0.2, 0.25) is 0 Å². The van der Waals surface area contributed by atoms with E-state index in [1.165, 1.54) is 0 Å². The third-order valence-corrected chi connectivity index (χ3v) is 12.8. The van der Waals surface area contributed by atoms with Gasteiger partial charge in [-0.15, -0.1) is 0 Å². The second-order valence-electron chi connectivity index (χ2n) is 17.2. The lowest BCUT2D eigenvalue weighted by atomic mass is 9.94. The minimum Gasteiger partial charge on any atom is -0.307 e. The molecule has 2 nitrogen and oxygen atoms in total. The van der Waals surface area contributed by atoms with E-state index in [9.17, 15) is 0 Å². The zero-order valence-electron chi connectivity index (χ0n) is 38.2. The van der Waals surface area contributed by atoms with Gasteiger partial charge in [0.15, 0.2) is 0 Å². The Bertz CT molecular complexity index is 3580. The Hall–Kier alpha value is -9.12. The second-order valence-corrected chi connectivity index (χ2v) is 17.2. The van der Waals surface area contributed by atoms with Gasteiger partial charge in [-0.2, -0.15) is 0 Å². The van der Waals surface area contributed by atoms with Crippen LogP contribution in [0.15, 0.2) is 267 Å². The molecular weight excluding hydrogens is 859 g/mol. The molecule has 0 atom stereocenters. The first-order valence-corrected chi connectivity index (χ1v) is 23.5. The molecule has 0 saturated carbocycles. The zero-order chi connectivity index (χ0) is 47.2. The number of hydrogen-bond donors (Lipinski definition) is 0. The molecule has 0 fully saturated rings. The molecule has 0 unspecified atom stereocenters. The predicted octanol–water partition coefficient (Wildman–Crippen LogP) is 18.9. The van der Waals surface area contributed by atoms with Gasteiger partial charge in [0.05, 0.1) is 17.1 Å². The van der Waals surface area contributed by atoms with Crippen LogP contribution in [0.25, 0.3) is 67.4 Å². The molecule has 0 N–H and O–H groups in total. The number of fused-ring (bicyclic) bond motifs is 1. The van der Waals surface area contributed by atoms with Crippen LogP contribution in [0.3, 0.4) is 0 Å². The zero-order valence-corrected chi connectivity index (χ0v) is 38.2. The Morgan fingerprint density at radius 3 is 1.16 bits per heavy atom. The number of hydrogen-bond acceptors (Lipinski definition) is 2. The summed E-state index contributed by atoms with van der Waals surface area (Å²) in [6.45, 7) is 0. The van der Waals surface area contributed by atoms with Gasteiger partial charge in [-0.1, -0.05) is 212 Å². The monoisotopic (exact) mass is 904 g/mol. The van der Waals surface area contributed by atoms with Gasteiger partial charge in [-0.05, 0) is 117 Å². The summed E-state index contributed by atoms with van der Waals surface area (Å²) in [5, 5.41) is 2.00. The molecule has 4 heteroatoms. The van der Waals surface area contributed by atoms with Crippen LogP contribution in [0.2, 0.25) is 0 Å². The van der Waals surface area contributed by atoms with Crippen LogP contribution in [0, 0.1) is 11.6 Å². The number of anilines is 6. The molecule has 0 amide bonds. The smallest absolute Gasteiger partial charge is 0.148 e. The van der Waals surface area contributed by atoms with Gasteiger partial charge < -0.3 is 9.80 Å². The van der Waals surface area contributed by atoms with Crippen LogP contribution in [-0.2, 0) is 0 Å². The fraction of sp³-hybridized carbons (Fsp3) is 0. The molecule has 0 aliphatic carbocycles. The van der Waals surface area contributed by atoms with Crippen molar-refractivity contribution in [2.75, 3.05) is 9.80 Å². The van der Waals surface area contributed by atoms with Crippen LogP contribution in [0.5, 0.6) is 0 Å². The highest BCUT2D eigenvalue weighted by Crippen LogP contribution is 2.48. The van der Waals surface area contributed by atoms with Crippen molar-refractivity contribution in [1.29, 1.82) is 0 Å². The largest absolute Gasteiger partial charge is 0.307 e. The van der Waals surface area contributed by atoms with Crippen LogP contribution in [-0.4, -0.2) is 0 Å². The van der Waals surface area contributed by atoms with E-state index < -0.39 is 0 Å². The summed E-state index contributed by atoms with van der Waals surface area (Å²) >= 11 is 0. The fourth-order valence-electron chi connectivity index (χ4n) is 9.44. The quantitative estimate of drug-likeness (QED) is 0.113. The normalized spacial score (nSPS) is 11.2. The number of halogens is 2. The van der Waals surface area contributed by atoms with Crippen molar-refractivity contribution in [3.8, 4) is 44.5 Å². The van der Waals surface area contributed by atoms with E-state index in [0.717, 1.165) is 89.2 Å². The first-order chi connectivity index (χ1) is 34.6. The van der Waals surface area contributed by atoms with Crippen LogP contribution >= 0.6 is 0 Å². The van der Waals surface area contributed by atoms with E-state index in [2.05, 4.69) is 65.6 Å². The minimum absolute atomic E-state index is 0.322. The standard InChI is InChI=1S/C66H46F2N2/c67-62-45-53(48-21-7-1-8-22-48)43-60(50-25-11-3-12-26-50)65(62)69(55-29-15-5-16-30-55)57-40-36-47(37-41-57)35-38-52-39-42-64(59-34-20-19-33-58(52)59)70(56-31-17-6-18-32-56)66-61(51-27-13-4-14-28-51)44-54(46-63(66)68)49-23-9-2-10-24-49/h1-46H/b38-35+. The number of nitrogens with zero attached hydrogens (tertiary/aromatic N) is 2. The van der Waals surface area contributed by atoms with Crippen LogP contribution < -0.4 is 9.80 Å². The summed E-state index contributed by atoms with van der Waals surface area (Å²) in [5.74, 6) is -0.646. The summed E-state index contributed by atoms with van der Waals surface area (Å²) < 4.78 is 34.3. The number of para-hydroxylation sites is 2. The molecule has 0 saturated heterocycles. The average molecular weight is 905 g/mol. The molecule has 0 spiro atoms. The Morgan fingerprint density at radius 2 is 0.671 bits per heavy atom. The first kappa shape index (κ1) is 43.5. The number of rotatable bonds is 12. The van der Waals surface area contributed by atoms with Gasteiger partial charge in [0.1, 0.15) is 11.6 Å². The lowest BCUT2D eigenvalue weighted by Gasteiger charge is -2.30. The molecular formula is C66H46F2N2. The van der Waals surface area contributed by atoms with E-state index in [0.29, 0.717) is 11.4 Å². The van der Waals surface area contributed by atoms with Crippen molar-refractivity contribution in [3.63, 3.8) is 0 Å². The molecule has 11 rings (SSSR count). The summed E-state index contributed by atoms with van der Waals surface area (Å²) in [5.41, 5.74) is 13.2. The molecule has 334 valence electrons. The highest BCUT2D eigenvalue weighted by atomic mass is 19.1. The van der Waals surface area contributed by atoms with Crippen molar-refractivity contribution in [1.82, 2.24) is 0 Å². The maximum absolute atomic E-state index is 17.3. The Labute approximate surface area is 408 Å². The van der Waals surface area contributed by atoms with Crippen molar-refractivity contribution in [3.05, 3.63) is 290 Å². The molecule has 0 bridgehead atoms. The van der Waals surface area contributed by atoms with Gasteiger partial charge in [-0.3, -0.25) is 0 Å². The maximum Gasteiger partial charge on any atom is 0.148 e. The van der Waals surface area contributed by atoms with E-state index >= 15 is 8.78 Å². The summed E-state index contributed by atoms with van der Waals surface area (Å²) in [6.07, 6.45) is 4.23. The Kier molecular flexibility index (Phi) is 12.2. The molecule has 0 aliphatic rings. The summed E-state index contributed by atoms with van der Waals surface area (Å²) in [4.78, 5) is 4.06. The van der Waals surface area contributed by atoms with Crippen molar-refractivity contribution < 1.29 is 8.78 Å². The third kappa shape index (κ3) is 8.78. The number of benzene rings is 11. The Balaban J connectivity index is 0.986. The molecule has 0 radical (unpaired) electrons. The van der Waals surface area contributed by atoms with Crippen molar-refractivity contribution in [2.24, 2.45) is 0 Å². The van der Waals surface area contributed by atoms with E-state index in [1.807, 2.05) is 211 Å². The minimum atomic E-state index is -0.324. The summed E-state index contributed by atoms with van der Waals surface area (Å²) in [6, 6.07) is 88.2. The van der Waals surface area contributed by atoms with Crippen molar-refractivity contribution >= 4 is 57.0 Å². The highest BCUT2D eigenvalue weighted by Gasteiger charge is 2.26. The topological polar surface area (TPSA) is 6.48 Å². The van der Waals surface area contributed by atoms with Crippen LogP contribution in [0.1, 0.15) is 11.1 Å². The fourth-order valence-corrected chi connectivity index (χ4v) is 9.44. The average Bonchev–Trinajstić information content (AvgIpc) is 3.43. The lowest BCUT2D eigenvalue weighted by molar-refractivity contribution is 0.629. The predicted molar refractivity (Wildman–Crippen MR) is 290 cm³/mol. The van der Waals surface area contributed by atoms with E-state index in [-0.39, 0.29) is 11.6 Å². The molecule has 70 heavy (non-hydrogen) atoms. The van der Waals surface area contributed by atoms with E-state index in [1.54, 1.807) is 12.1 Å². The first-order valence-electron chi connectivity index (χ1n) is 23.5. The summed E-state index contributed by atoms with van der Waals surface area (Å²) in [7, 11) is 0. The van der Waals surface area contributed by atoms with Gasteiger partial charge >= 0.3 is 0 Å². The molecule has 0 aromatic heterocycles. The third-order valence-electron chi connectivity index (χ3n) is 12.8. The van der Waals surface area contributed by atoms with Gasteiger partial charge in [0, 0.05) is 33.6 Å².